The summed E-state index contributed by atoms with van der Waals surface area (Å²) >= 11 is 3.25. The SMILES string of the molecule is COC(=O)c1ccc2occ(-n3c(=O)cc(C(F)(F)F)n(C)c3=O)c2c1.Cn1c(C(F)(F)F)cc(=O)n(-c2coc3ccc(Br)cc23)c1=O.Cn1c(C(F)(F)F)cc(=O)n(-c2coc3ccc(C#N)cc23)c1=O.Cn1c(C(F)(F)F)cc(=O)n(-c2coc3ccc(C(N)=O)cc23)c1=O. The lowest BCUT2D eigenvalue weighted by atomic mass is 10.1. The Bertz CT molecular complexity index is 5820. The number of primary amides is 1. The van der Waals surface area contributed by atoms with E-state index in [0.29, 0.717) is 76.2 Å². The van der Waals surface area contributed by atoms with Crippen molar-refractivity contribution in [3.63, 3.8) is 0 Å². The van der Waals surface area contributed by atoms with E-state index in [1.807, 2.05) is 6.07 Å². The van der Waals surface area contributed by atoms with Crippen LogP contribution in [0.15, 0.2) is 183 Å². The lowest BCUT2D eigenvalue weighted by Gasteiger charge is -2.13. The number of nitrogens with zero attached hydrogens (tertiary/aromatic N) is 9. The highest BCUT2D eigenvalue weighted by molar-refractivity contribution is 9.10. The molecule has 38 heteroatoms. The third-order valence-corrected chi connectivity index (χ3v) is 14.9. The van der Waals surface area contributed by atoms with E-state index < -0.39 is 104 Å². The molecular formula is C60H37BrF12N10O15. The number of fused-ring (bicyclic) bond motifs is 4. The lowest BCUT2D eigenvalue weighted by molar-refractivity contribution is -0.144. The highest BCUT2D eigenvalue weighted by Gasteiger charge is 2.39. The third-order valence-electron chi connectivity index (χ3n) is 14.4. The number of esters is 1. The Hall–Kier alpha value is -12.2. The van der Waals surface area contributed by atoms with Crippen molar-refractivity contribution in [3.05, 3.63) is 249 Å². The zero-order valence-corrected chi connectivity index (χ0v) is 51.3. The Kier molecular flexibility index (Phi) is 18.5. The van der Waals surface area contributed by atoms with Crippen molar-refractivity contribution in [2.45, 2.75) is 24.7 Å². The number of alkyl halides is 12. The van der Waals surface area contributed by atoms with Crippen molar-refractivity contribution >= 4 is 71.7 Å². The van der Waals surface area contributed by atoms with E-state index in [9.17, 15) is 101 Å². The van der Waals surface area contributed by atoms with Gasteiger partial charge in [0, 0.05) is 84.0 Å². The number of carbonyl (C=O) groups is 2. The van der Waals surface area contributed by atoms with Crippen LogP contribution in [-0.4, -0.2) is 55.5 Å². The average molecular weight is 1450 g/mol. The maximum Gasteiger partial charge on any atom is 0.431 e. The van der Waals surface area contributed by atoms with Crippen LogP contribution in [0.25, 0.3) is 66.6 Å². The lowest BCUT2D eigenvalue weighted by Crippen LogP contribution is -2.40. The summed E-state index contributed by atoms with van der Waals surface area (Å²) in [6, 6.07) is 20.7. The Labute approximate surface area is 540 Å². The van der Waals surface area contributed by atoms with Crippen LogP contribution < -0.4 is 50.7 Å². The molecule has 0 radical (unpaired) electrons. The number of nitriles is 1. The second kappa shape index (κ2) is 25.9. The summed E-state index contributed by atoms with van der Waals surface area (Å²) in [5.41, 5.74) is -7.94. The number of carbonyl (C=O) groups excluding carboxylic acids is 2. The summed E-state index contributed by atoms with van der Waals surface area (Å²) in [6.45, 7) is 0. The van der Waals surface area contributed by atoms with E-state index >= 15 is 0 Å². The van der Waals surface area contributed by atoms with Crippen LogP contribution in [0.5, 0.6) is 0 Å². The van der Waals surface area contributed by atoms with Gasteiger partial charge in [-0.25, -0.2) is 42.2 Å². The highest BCUT2D eigenvalue weighted by atomic mass is 79.9. The maximum atomic E-state index is 12.9. The van der Waals surface area contributed by atoms with Crippen LogP contribution in [-0.2, 0) is 57.6 Å². The molecular weight excluding hydrogens is 1410 g/mol. The molecule has 0 bridgehead atoms. The second-order valence-electron chi connectivity index (χ2n) is 20.4. The molecule has 508 valence electrons. The van der Waals surface area contributed by atoms with Gasteiger partial charge in [-0.2, -0.15) is 57.9 Å². The van der Waals surface area contributed by atoms with Crippen molar-refractivity contribution in [3.8, 4) is 28.8 Å². The molecule has 2 N–H and O–H groups in total. The van der Waals surface area contributed by atoms with Gasteiger partial charge in [0.15, 0.2) is 0 Å². The summed E-state index contributed by atoms with van der Waals surface area (Å²) in [6.07, 6.45) is -15.0. The number of amides is 1. The fourth-order valence-electron chi connectivity index (χ4n) is 9.67. The van der Waals surface area contributed by atoms with Crippen LogP contribution in [0.4, 0.5) is 52.7 Å². The fourth-order valence-corrected chi connectivity index (χ4v) is 10.0. The van der Waals surface area contributed by atoms with E-state index in [1.54, 1.807) is 18.2 Å². The van der Waals surface area contributed by atoms with Gasteiger partial charge in [-0.1, -0.05) is 15.9 Å². The van der Waals surface area contributed by atoms with Crippen LogP contribution in [0.1, 0.15) is 49.1 Å². The minimum absolute atomic E-state index is 0.0265. The summed E-state index contributed by atoms with van der Waals surface area (Å²) < 4.78 is 185. The van der Waals surface area contributed by atoms with Crippen LogP contribution >= 0.6 is 15.9 Å². The number of nitrogens with two attached hydrogens (primary N) is 1. The molecule has 4 aromatic carbocycles. The van der Waals surface area contributed by atoms with Gasteiger partial charge in [0.2, 0.25) is 5.91 Å². The van der Waals surface area contributed by atoms with Gasteiger partial charge in [0.25, 0.3) is 22.2 Å². The smallest absolute Gasteiger partial charge is 0.431 e. The molecule has 12 aromatic rings. The van der Waals surface area contributed by atoms with Crippen molar-refractivity contribution in [1.29, 1.82) is 5.26 Å². The Balaban J connectivity index is 0.000000153. The normalized spacial score (nSPS) is 11.8. The number of halogens is 13. The number of methoxy groups -OCH3 is 1. The van der Waals surface area contributed by atoms with Crippen LogP contribution in [0.3, 0.4) is 0 Å². The third kappa shape index (κ3) is 13.3. The van der Waals surface area contributed by atoms with E-state index in [0.717, 1.165) is 53.2 Å². The number of rotatable bonds is 6. The summed E-state index contributed by atoms with van der Waals surface area (Å²) in [7, 11) is 4.86. The molecule has 0 fully saturated rings. The molecule has 1 amide bonds. The van der Waals surface area contributed by atoms with Gasteiger partial charge in [-0.3, -0.25) is 42.2 Å². The summed E-state index contributed by atoms with van der Waals surface area (Å²) in [5, 5.41) is 10.0. The van der Waals surface area contributed by atoms with Crippen molar-refractivity contribution in [1.82, 2.24) is 36.5 Å². The minimum atomic E-state index is -4.86. The molecule has 25 nitrogen and oxygen atoms in total. The van der Waals surface area contributed by atoms with Crippen molar-refractivity contribution < 1.29 is 84.7 Å². The molecule has 12 rings (SSSR count). The number of furan rings is 4. The molecule has 8 heterocycles. The zero-order valence-electron chi connectivity index (χ0n) is 49.7. The first kappa shape index (κ1) is 70.2. The second-order valence-corrected chi connectivity index (χ2v) is 21.3. The highest BCUT2D eigenvalue weighted by Crippen LogP contribution is 2.33. The first-order chi connectivity index (χ1) is 45.7. The standard InChI is InChI=1S/C16H11F3N2O5.C15H10F3N3O4.C15H8F3N3O3.C14H8BrF3N2O3/c1-20-12(16(17,18)19)6-13(22)21(15(20)24)10-7-26-11-4-3-8(5-9(10)11)14(23)25-2;1-20-11(15(16,17)18)5-12(22)21(14(20)24)9-6-25-10-3-2-7(13(19)23)4-8(9)10;1-20-12(15(16,17)18)5-13(22)21(14(20)23)10-7-24-11-3-2-8(6-19)4-9(10)11;1-19-11(14(16,17)18)5-12(21)20(13(19)22)9-6-23-10-3-2-7(15)4-8(9)10/h3-7H,1-2H3;2-6H,1H3,(H2,19,23);2-5,7H,1H3;2-6H,1H3. The Morgan fingerprint density at radius 2 is 0.704 bits per heavy atom. The van der Waals surface area contributed by atoms with Gasteiger partial charge < -0.3 is 28.1 Å². The minimum Gasteiger partial charge on any atom is -0.465 e. The zero-order chi connectivity index (χ0) is 72.3. The molecule has 98 heavy (non-hydrogen) atoms. The molecule has 0 aliphatic carbocycles. The van der Waals surface area contributed by atoms with E-state index in [1.165, 1.54) is 61.7 Å². The first-order valence-electron chi connectivity index (χ1n) is 26.8. The summed E-state index contributed by atoms with van der Waals surface area (Å²) in [5.74, 6) is -1.41. The number of hydrogen-bond donors (Lipinski definition) is 1. The van der Waals surface area contributed by atoms with E-state index in [2.05, 4.69) is 20.7 Å². The first-order valence-corrected chi connectivity index (χ1v) is 27.6. The Morgan fingerprint density at radius 1 is 0.429 bits per heavy atom. The molecule has 0 aliphatic rings. The number of hydrogen-bond acceptors (Lipinski definition) is 16. The number of ether oxygens (including phenoxy) is 1. The quantitative estimate of drug-likeness (QED) is 0.120. The molecule has 0 spiro atoms. The van der Waals surface area contributed by atoms with Gasteiger partial charge >= 0.3 is 53.4 Å². The van der Waals surface area contributed by atoms with Gasteiger partial charge in [0.05, 0.1) is 35.7 Å². The average Bonchev–Trinajstić information content (AvgIpc) is 1.69. The molecule has 0 atom stereocenters. The van der Waals surface area contributed by atoms with E-state index in [-0.39, 0.29) is 72.3 Å². The van der Waals surface area contributed by atoms with Gasteiger partial charge in [-0.05, 0) is 72.8 Å². The molecule has 0 saturated heterocycles. The van der Waals surface area contributed by atoms with Crippen molar-refractivity contribution in [2.75, 3.05) is 7.11 Å². The largest absolute Gasteiger partial charge is 0.465 e. The molecule has 8 aromatic heterocycles. The predicted octanol–water partition coefficient (Wildman–Crippen LogP) is 8.72. The number of benzene rings is 4. The monoisotopic (exact) mass is 1440 g/mol. The molecule has 0 unspecified atom stereocenters. The summed E-state index contributed by atoms with van der Waals surface area (Å²) in [4.78, 5) is 121. The fraction of sp³-hybridized carbons (Fsp3) is 0.150. The molecule has 0 saturated carbocycles. The predicted molar refractivity (Wildman–Crippen MR) is 320 cm³/mol. The van der Waals surface area contributed by atoms with E-state index in [4.69, 9.17) is 28.7 Å². The van der Waals surface area contributed by atoms with Gasteiger partial charge in [0.1, 0.15) is 81.5 Å². The number of aromatic nitrogens is 8. The maximum absolute atomic E-state index is 12.9. The Morgan fingerprint density at radius 3 is 1.00 bits per heavy atom. The topological polar surface area (TPSA) is 322 Å². The van der Waals surface area contributed by atoms with Crippen molar-refractivity contribution in [2.24, 2.45) is 33.9 Å². The van der Waals surface area contributed by atoms with Gasteiger partial charge in [-0.15, -0.1) is 0 Å². The van der Waals surface area contributed by atoms with Crippen LogP contribution in [0, 0.1) is 11.3 Å². The van der Waals surface area contributed by atoms with Crippen LogP contribution in [0.2, 0.25) is 0 Å². The molecule has 0 aliphatic heterocycles.